The van der Waals surface area contributed by atoms with Crippen LogP contribution in [0.5, 0.6) is 11.5 Å². The van der Waals surface area contributed by atoms with Gasteiger partial charge in [0.15, 0.2) is 18.1 Å². The lowest BCUT2D eigenvalue weighted by molar-refractivity contribution is -0.138. The van der Waals surface area contributed by atoms with Crippen LogP contribution in [-0.2, 0) is 14.3 Å². The molecule has 1 N–H and O–H groups in total. The molecule has 1 aliphatic heterocycles. The van der Waals surface area contributed by atoms with Crippen molar-refractivity contribution >= 4 is 17.5 Å². The molecule has 1 fully saturated rings. The van der Waals surface area contributed by atoms with E-state index in [-0.39, 0.29) is 31.1 Å². The molecule has 166 valence electrons. The zero-order chi connectivity index (χ0) is 22.2. The van der Waals surface area contributed by atoms with E-state index in [9.17, 15) is 9.59 Å². The summed E-state index contributed by atoms with van der Waals surface area (Å²) in [5.74, 6) is 0.499. The molecule has 0 saturated carbocycles. The van der Waals surface area contributed by atoms with Crippen molar-refractivity contribution in [2.45, 2.75) is 32.8 Å². The molecular formula is C24H30N2O5. The number of aryl methyl sites for hydroxylation is 1. The third kappa shape index (κ3) is 6.21. The van der Waals surface area contributed by atoms with Gasteiger partial charge in [0.2, 0.25) is 5.91 Å². The minimum Gasteiger partial charge on any atom is -0.493 e. The van der Waals surface area contributed by atoms with Crippen LogP contribution in [-0.4, -0.2) is 56.2 Å². The summed E-state index contributed by atoms with van der Waals surface area (Å²) in [6.45, 7) is 4.73. The summed E-state index contributed by atoms with van der Waals surface area (Å²) in [5, 5.41) is 2.92. The summed E-state index contributed by atoms with van der Waals surface area (Å²) in [7, 11) is 1.55. The summed E-state index contributed by atoms with van der Waals surface area (Å²) < 4.78 is 16.6. The van der Waals surface area contributed by atoms with Crippen molar-refractivity contribution in [1.82, 2.24) is 4.90 Å². The van der Waals surface area contributed by atoms with Crippen molar-refractivity contribution in [3.8, 4) is 11.5 Å². The average Bonchev–Trinajstić information content (AvgIpc) is 3.28. The molecule has 7 nitrogen and oxygen atoms in total. The minimum absolute atomic E-state index is 0.0660. The van der Waals surface area contributed by atoms with Crippen LogP contribution in [0.2, 0.25) is 0 Å². The Kier molecular flexibility index (Phi) is 7.89. The molecule has 1 heterocycles. The van der Waals surface area contributed by atoms with Crippen LogP contribution < -0.4 is 14.8 Å². The monoisotopic (exact) mass is 426 g/mol. The molecule has 3 rings (SSSR count). The molecule has 0 bridgehead atoms. The summed E-state index contributed by atoms with van der Waals surface area (Å²) in [6, 6.07) is 12.9. The topological polar surface area (TPSA) is 77.1 Å². The number of para-hydroxylation sites is 2. The minimum atomic E-state index is -0.280. The maximum absolute atomic E-state index is 12.9. The van der Waals surface area contributed by atoms with Crippen LogP contribution in [0, 0.1) is 13.8 Å². The maximum Gasteiger partial charge on any atom is 0.261 e. The molecular weight excluding hydrogens is 396 g/mol. The molecule has 0 unspecified atom stereocenters. The van der Waals surface area contributed by atoms with Gasteiger partial charge in [0, 0.05) is 18.8 Å². The highest BCUT2D eigenvalue weighted by molar-refractivity contribution is 5.95. The third-order valence-corrected chi connectivity index (χ3v) is 5.43. The van der Waals surface area contributed by atoms with Gasteiger partial charge >= 0.3 is 0 Å². The second kappa shape index (κ2) is 10.8. The van der Waals surface area contributed by atoms with E-state index in [0.29, 0.717) is 24.7 Å². The van der Waals surface area contributed by atoms with Gasteiger partial charge in [0.25, 0.3) is 5.91 Å². The fraction of sp³-hybridized carbons (Fsp3) is 0.417. The number of benzene rings is 2. The number of carbonyl (C=O) groups is 2. The number of hydrogen-bond acceptors (Lipinski definition) is 5. The Morgan fingerprint density at radius 1 is 1.13 bits per heavy atom. The molecule has 0 radical (unpaired) electrons. The highest BCUT2D eigenvalue weighted by Crippen LogP contribution is 2.26. The zero-order valence-corrected chi connectivity index (χ0v) is 18.3. The Balaban J connectivity index is 1.65. The Labute approximate surface area is 183 Å². The maximum atomic E-state index is 12.9. The van der Waals surface area contributed by atoms with Gasteiger partial charge in [-0.25, -0.2) is 0 Å². The molecule has 0 spiro atoms. The Bertz CT molecular complexity index is 909. The van der Waals surface area contributed by atoms with Gasteiger partial charge in [0.05, 0.1) is 13.2 Å². The number of rotatable bonds is 9. The van der Waals surface area contributed by atoms with Crippen LogP contribution in [0.4, 0.5) is 5.69 Å². The van der Waals surface area contributed by atoms with E-state index in [1.165, 1.54) is 4.90 Å². The average molecular weight is 427 g/mol. The standard InChI is InChI=1S/C24H30N2O5/c1-17-8-6-10-20(18(17)2)25-23(27)15-26(14-19-9-7-13-30-19)24(28)16-31-22-12-5-4-11-21(22)29-3/h4-6,8,10-12,19H,7,9,13-16H2,1-3H3,(H,25,27)/t19-/m1/s1. The number of ether oxygens (including phenoxy) is 3. The van der Waals surface area contributed by atoms with E-state index < -0.39 is 0 Å². The molecule has 7 heteroatoms. The SMILES string of the molecule is COc1ccccc1OCC(=O)N(CC(=O)Nc1cccc(C)c1C)C[C@H]1CCCO1. The van der Waals surface area contributed by atoms with Crippen LogP contribution >= 0.6 is 0 Å². The predicted molar refractivity (Wildman–Crippen MR) is 119 cm³/mol. The lowest BCUT2D eigenvalue weighted by atomic mass is 10.1. The second-order valence-electron chi connectivity index (χ2n) is 7.64. The lowest BCUT2D eigenvalue weighted by Crippen LogP contribution is -2.44. The van der Waals surface area contributed by atoms with Gasteiger partial charge in [-0.15, -0.1) is 0 Å². The number of anilines is 1. The fourth-order valence-electron chi connectivity index (χ4n) is 3.51. The second-order valence-corrected chi connectivity index (χ2v) is 7.64. The molecule has 1 atom stereocenters. The van der Waals surface area contributed by atoms with E-state index in [4.69, 9.17) is 14.2 Å². The Morgan fingerprint density at radius 2 is 1.90 bits per heavy atom. The van der Waals surface area contributed by atoms with E-state index in [0.717, 1.165) is 29.7 Å². The largest absolute Gasteiger partial charge is 0.493 e. The smallest absolute Gasteiger partial charge is 0.261 e. The van der Waals surface area contributed by atoms with Crippen molar-refractivity contribution < 1.29 is 23.8 Å². The molecule has 2 aromatic rings. The Morgan fingerprint density at radius 3 is 2.61 bits per heavy atom. The normalized spacial score (nSPS) is 15.4. The van der Waals surface area contributed by atoms with Crippen molar-refractivity contribution in [2.75, 3.05) is 38.7 Å². The predicted octanol–water partition coefficient (Wildman–Crippen LogP) is 3.34. The summed E-state index contributed by atoms with van der Waals surface area (Å²) in [5.41, 5.74) is 2.85. The molecule has 1 aliphatic rings. The fourth-order valence-corrected chi connectivity index (χ4v) is 3.51. The van der Waals surface area contributed by atoms with Gasteiger partial charge < -0.3 is 24.4 Å². The number of hydrogen-bond donors (Lipinski definition) is 1. The van der Waals surface area contributed by atoms with Gasteiger partial charge in [-0.1, -0.05) is 24.3 Å². The lowest BCUT2D eigenvalue weighted by Gasteiger charge is -2.25. The molecule has 2 aromatic carbocycles. The van der Waals surface area contributed by atoms with Crippen molar-refractivity contribution in [1.29, 1.82) is 0 Å². The summed E-state index contributed by atoms with van der Waals surface area (Å²) in [4.78, 5) is 27.2. The van der Waals surface area contributed by atoms with E-state index in [1.807, 2.05) is 44.2 Å². The summed E-state index contributed by atoms with van der Waals surface area (Å²) in [6.07, 6.45) is 1.76. The highest BCUT2D eigenvalue weighted by Gasteiger charge is 2.25. The van der Waals surface area contributed by atoms with Gasteiger partial charge in [0.1, 0.15) is 6.54 Å². The number of methoxy groups -OCH3 is 1. The molecule has 0 aromatic heterocycles. The van der Waals surface area contributed by atoms with Crippen molar-refractivity contribution in [3.05, 3.63) is 53.6 Å². The van der Waals surface area contributed by atoms with E-state index >= 15 is 0 Å². The first-order valence-corrected chi connectivity index (χ1v) is 10.5. The number of nitrogens with one attached hydrogen (secondary N) is 1. The first kappa shape index (κ1) is 22.6. The van der Waals surface area contributed by atoms with E-state index in [1.54, 1.807) is 19.2 Å². The zero-order valence-electron chi connectivity index (χ0n) is 18.3. The summed E-state index contributed by atoms with van der Waals surface area (Å²) >= 11 is 0. The molecule has 0 aliphatic carbocycles. The first-order valence-electron chi connectivity index (χ1n) is 10.5. The Hall–Kier alpha value is -3.06. The van der Waals surface area contributed by atoms with Crippen LogP contribution in [0.15, 0.2) is 42.5 Å². The van der Waals surface area contributed by atoms with Gasteiger partial charge in [-0.2, -0.15) is 0 Å². The molecule has 31 heavy (non-hydrogen) atoms. The quantitative estimate of drug-likeness (QED) is 0.666. The molecule has 1 saturated heterocycles. The third-order valence-electron chi connectivity index (χ3n) is 5.43. The first-order chi connectivity index (χ1) is 15.0. The van der Waals surface area contributed by atoms with Crippen LogP contribution in [0.25, 0.3) is 0 Å². The van der Waals surface area contributed by atoms with E-state index in [2.05, 4.69) is 5.32 Å². The van der Waals surface area contributed by atoms with Gasteiger partial charge in [-0.05, 0) is 56.0 Å². The highest BCUT2D eigenvalue weighted by atomic mass is 16.5. The van der Waals surface area contributed by atoms with Crippen LogP contribution in [0.3, 0.4) is 0 Å². The number of amides is 2. The number of nitrogens with zero attached hydrogens (tertiary/aromatic N) is 1. The molecule has 2 amide bonds. The van der Waals surface area contributed by atoms with Crippen molar-refractivity contribution in [2.24, 2.45) is 0 Å². The van der Waals surface area contributed by atoms with Gasteiger partial charge in [-0.3, -0.25) is 9.59 Å². The number of carbonyl (C=O) groups excluding carboxylic acids is 2. The van der Waals surface area contributed by atoms with Crippen molar-refractivity contribution in [3.63, 3.8) is 0 Å². The van der Waals surface area contributed by atoms with Crippen LogP contribution in [0.1, 0.15) is 24.0 Å².